The first-order chi connectivity index (χ1) is 7.00. The highest BCUT2D eigenvalue weighted by atomic mass is 35.5. The Kier molecular flexibility index (Phi) is 1.94. The molecule has 1 heterocycles. The second-order valence-corrected chi connectivity index (χ2v) is 3.19. The van der Waals surface area contributed by atoms with E-state index in [-0.39, 0.29) is 16.1 Å². The molecule has 1 aromatic rings. The highest BCUT2D eigenvalue weighted by Gasteiger charge is 2.33. The Labute approximate surface area is 87.5 Å². The highest BCUT2D eigenvalue weighted by molar-refractivity contribution is 6.33. The number of carbonyl (C=O) groups is 2. The third kappa shape index (κ3) is 1.35. The number of nitro benzene ring substituents is 1. The molecule has 0 bridgehead atoms. The van der Waals surface area contributed by atoms with Gasteiger partial charge >= 0.3 is 11.9 Å². The van der Waals surface area contributed by atoms with E-state index in [2.05, 4.69) is 4.74 Å². The van der Waals surface area contributed by atoms with Gasteiger partial charge in [-0.05, 0) is 6.07 Å². The van der Waals surface area contributed by atoms with Crippen molar-refractivity contribution in [2.24, 2.45) is 0 Å². The Balaban J connectivity index is 2.70. The maximum atomic E-state index is 11.1. The van der Waals surface area contributed by atoms with E-state index in [0.717, 1.165) is 12.1 Å². The number of fused-ring (bicyclic) bond motifs is 1. The molecule has 0 saturated carbocycles. The molecule has 0 aliphatic carbocycles. The van der Waals surface area contributed by atoms with Gasteiger partial charge in [-0.2, -0.15) is 0 Å². The quantitative estimate of drug-likeness (QED) is 0.314. The van der Waals surface area contributed by atoms with Gasteiger partial charge in [-0.25, -0.2) is 9.59 Å². The van der Waals surface area contributed by atoms with E-state index in [1.807, 2.05) is 0 Å². The fraction of sp³-hybridized carbons (Fsp3) is 0. The number of cyclic esters (lactones) is 2. The average molecular weight is 228 g/mol. The van der Waals surface area contributed by atoms with E-state index in [9.17, 15) is 19.7 Å². The lowest BCUT2D eigenvalue weighted by Crippen LogP contribution is -1.97. The molecule has 0 atom stereocenters. The summed E-state index contributed by atoms with van der Waals surface area (Å²) in [6, 6.07) is 1.99. The van der Waals surface area contributed by atoms with Gasteiger partial charge in [0.2, 0.25) is 0 Å². The van der Waals surface area contributed by atoms with Crippen LogP contribution in [0.3, 0.4) is 0 Å². The third-order valence-electron chi connectivity index (χ3n) is 1.91. The van der Waals surface area contributed by atoms with Gasteiger partial charge in [0.15, 0.2) is 0 Å². The van der Waals surface area contributed by atoms with Crippen LogP contribution in [0.1, 0.15) is 20.7 Å². The van der Waals surface area contributed by atoms with Crippen LogP contribution in [0.15, 0.2) is 12.1 Å². The van der Waals surface area contributed by atoms with Crippen molar-refractivity contribution in [1.29, 1.82) is 0 Å². The molecule has 2 rings (SSSR count). The normalized spacial score (nSPS) is 13.7. The molecular weight excluding hydrogens is 226 g/mol. The second-order valence-electron chi connectivity index (χ2n) is 2.78. The minimum Gasteiger partial charge on any atom is -0.386 e. The van der Waals surface area contributed by atoms with Crippen LogP contribution >= 0.6 is 11.6 Å². The van der Waals surface area contributed by atoms with Crippen LogP contribution in [0.5, 0.6) is 0 Å². The van der Waals surface area contributed by atoms with Gasteiger partial charge < -0.3 is 4.74 Å². The molecule has 0 radical (unpaired) electrons. The molecular formula is C8H2ClNO5. The van der Waals surface area contributed by atoms with Crippen molar-refractivity contribution in [2.75, 3.05) is 0 Å². The number of nitro groups is 1. The molecule has 1 aliphatic heterocycles. The standard InChI is InChI=1S/C8H2ClNO5/c9-5-1-3-4(2-6(5)10(13)14)8(12)15-7(3)11/h1-2H. The molecule has 76 valence electrons. The van der Waals surface area contributed by atoms with Crippen LogP contribution in [0, 0.1) is 10.1 Å². The van der Waals surface area contributed by atoms with Crippen LogP contribution < -0.4 is 0 Å². The summed E-state index contributed by atoms with van der Waals surface area (Å²) in [7, 11) is 0. The average Bonchev–Trinajstić information content (AvgIpc) is 2.41. The van der Waals surface area contributed by atoms with Crippen LogP contribution in [0.25, 0.3) is 0 Å². The van der Waals surface area contributed by atoms with Crippen LogP contribution in [0.2, 0.25) is 5.02 Å². The molecule has 0 fully saturated rings. The summed E-state index contributed by atoms with van der Waals surface area (Å²) >= 11 is 5.56. The number of ether oxygens (including phenoxy) is 1. The van der Waals surface area contributed by atoms with Crippen molar-refractivity contribution < 1.29 is 19.2 Å². The molecule has 15 heavy (non-hydrogen) atoms. The van der Waals surface area contributed by atoms with Gasteiger partial charge in [0.1, 0.15) is 5.02 Å². The zero-order valence-electron chi connectivity index (χ0n) is 7.02. The van der Waals surface area contributed by atoms with Crippen LogP contribution in [-0.4, -0.2) is 16.9 Å². The van der Waals surface area contributed by atoms with E-state index in [1.54, 1.807) is 0 Å². The first kappa shape index (κ1) is 9.60. The summed E-state index contributed by atoms with van der Waals surface area (Å²) in [6.45, 7) is 0. The highest BCUT2D eigenvalue weighted by Crippen LogP contribution is 2.31. The van der Waals surface area contributed by atoms with Gasteiger partial charge in [-0.1, -0.05) is 11.6 Å². The fourth-order valence-electron chi connectivity index (χ4n) is 1.23. The second kappa shape index (κ2) is 3.03. The largest absolute Gasteiger partial charge is 0.386 e. The van der Waals surface area contributed by atoms with Gasteiger partial charge in [-0.15, -0.1) is 0 Å². The molecule has 1 aromatic carbocycles. The number of rotatable bonds is 1. The lowest BCUT2D eigenvalue weighted by Gasteiger charge is -1.96. The minimum atomic E-state index is -0.894. The predicted octanol–water partition coefficient (Wildman–Crippen LogP) is 1.56. The molecule has 0 amide bonds. The van der Waals surface area contributed by atoms with Crippen molar-refractivity contribution >= 4 is 29.2 Å². The summed E-state index contributed by atoms with van der Waals surface area (Å²) in [6.07, 6.45) is 0. The molecule has 0 spiro atoms. The summed E-state index contributed by atoms with van der Waals surface area (Å²) in [5.41, 5.74) is -0.603. The Hall–Kier alpha value is -1.95. The Morgan fingerprint density at radius 1 is 1.20 bits per heavy atom. The van der Waals surface area contributed by atoms with E-state index >= 15 is 0 Å². The van der Waals surface area contributed by atoms with Crippen molar-refractivity contribution in [3.63, 3.8) is 0 Å². The van der Waals surface area contributed by atoms with E-state index < -0.39 is 22.5 Å². The molecule has 6 nitrogen and oxygen atoms in total. The predicted molar refractivity (Wildman–Crippen MR) is 47.9 cm³/mol. The maximum Gasteiger partial charge on any atom is 0.347 e. The summed E-state index contributed by atoms with van der Waals surface area (Å²) in [4.78, 5) is 31.8. The Morgan fingerprint density at radius 3 is 2.27 bits per heavy atom. The summed E-state index contributed by atoms with van der Waals surface area (Å²) in [5.74, 6) is -1.73. The maximum absolute atomic E-state index is 11.1. The SMILES string of the molecule is O=C1OC(=O)c2cc([N+](=O)[O-])c(Cl)cc21. The van der Waals surface area contributed by atoms with Gasteiger partial charge in [0.25, 0.3) is 5.69 Å². The lowest BCUT2D eigenvalue weighted by atomic mass is 10.1. The summed E-state index contributed by atoms with van der Waals surface area (Å²) in [5, 5.41) is 10.3. The molecule has 0 N–H and O–H groups in total. The fourth-order valence-corrected chi connectivity index (χ4v) is 1.47. The van der Waals surface area contributed by atoms with Crippen molar-refractivity contribution in [1.82, 2.24) is 0 Å². The lowest BCUT2D eigenvalue weighted by molar-refractivity contribution is -0.384. The zero-order valence-corrected chi connectivity index (χ0v) is 7.78. The van der Waals surface area contributed by atoms with Crippen molar-refractivity contribution in [3.05, 3.63) is 38.4 Å². The van der Waals surface area contributed by atoms with E-state index in [4.69, 9.17) is 11.6 Å². The monoisotopic (exact) mass is 227 g/mol. The topological polar surface area (TPSA) is 86.5 Å². The minimum absolute atomic E-state index is 0.0457. The van der Waals surface area contributed by atoms with E-state index in [0.29, 0.717) is 0 Å². The number of nitrogens with zero attached hydrogens (tertiary/aromatic N) is 1. The van der Waals surface area contributed by atoms with Crippen molar-refractivity contribution in [3.8, 4) is 0 Å². The number of carbonyl (C=O) groups excluding carboxylic acids is 2. The van der Waals surface area contributed by atoms with E-state index in [1.165, 1.54) is 0 Å². The van der Waals surface area contributed by atoms with Crippen LogP contribution in [-0.2, 0) is 4.74 Å². The van der Waals surface area contributed by atoms with Crippen LogP contribution in [0.4, 0.5) is 5.69 Å². The smallest absolute Gasteiger partial charge is 0.347 e. The first-order valence-corrected chi connectivity index (χ1v) is 4.13. The van der Waals surface area contributed by atoms with Gasteiger partial charge in [0.05, 0.1) is 16.1 Å². The summed E-state index contributed by atoms with van der Waals surface area (Å²) < 4.78 is 4.26. The Bertz CT molecular complexity index is 510. The third-order valence-corrected chi connectivity index (χ3v) is 2.21. The molecule has 7 heteroatoms. The van der Waals surface area contributed by atoms with Crippen molar-refractivity contribution in [2.45, 2.75) is 0 Å². The number of benzene rings is 1. The molecule has 0 saturated heterocycles. The molecule has 0 unspecified atom stereocenters. The molecule has 1 aliphatic rings. The number of hydrogen-bond donors (Lipinski definition) is 0. The molecule has 0 aromatic heterocycles. The number of esters is 2. The zero-order chi connectivity index (χ0) is 11.2. The first-order valence-electron chi connectivity index (χ1n) is 3.75. The number of hydrogen-bond acceptors (Lipinski definition) is 5. The Morgan fingerprint density at radius 2 is 1.73 bits per heavy atom. The van der Waals surface area contributed by atoms with Gasteiger partial charge in [-0.3, -0.25) is 10.1 Å². The van der Waals surface area contributed by atoms with Gasteiger partial charge in [0, 0.05) is 6.07 Å². The number of halogens is 1.